The molecule has 1 aliphatic carbocycles. The van der Waals surface area contributed by atoms with E-state index in [0.29, 0.717) is 5.69 Å². The van der Waals surface area contributed by atoms with Crippen LogP contribution in [0.2, 0.25) is 0 Å². The van der Waals surface area contributed by atoms with E-state index in [-0.39, 0.29) is 6.42 Å². The van der Waals surface area contributed by atoms with Crippen LogP contribution in [0.25, 0.3) is 11.3 Å². The molecule has 3 rings (SSSR count). The number of halogens is 2. The van der Waals surface area contributed by atoms with Crippen LogP contribution in [0.4, 0.5) is 14.5 Å². The number of nitrogens with zero attached hydrogens (tertiary/aromatic N) is 1. The summed E-state index contributed by atoms with van der Waals surface area (Å²) in [6.07, 6.45) is 1.32. The summed E-state index contributed by atoms with van der Waals surface area (Å²) in [5.41, 5.74) is 3.16. The minimum atomic E-state index is -2.85. The van der Waals surface area contributed by atoms with Gasteiger partial charge in [-0.15, -0.1) is 0 Å². The lowest BCUT2D eigenvalue weighted by Gasteiger charge is -2.10. The topological polar surface area (TPSA) is 42.0 Å². The predicted octanol–water partition coefficient (Wildman–Crippen LogP) is 3.65. The zero-order valence-corrected chi connectivity index (χ0v) is 11.4. The number of pyridine rings is 1. The highest BCUT2D eigenvalue weighted by Crippen LogP contribution is 2.49. The Bertz CT molecular complexity index is 686. The van der Waals surface area contributed by atoms with Gasteiger partial charge in [0.05, 0.1) is 5.69 Å². The van der Waals surface area contributed by atoms with Crippen molar-refractivity contribution in [3.63, 3.8) is 0 Å². The van der Waals surface area contributed by atoms with Crippen LogP contribution >= 0.6 is 0 Å². The number of carbonyl (C=O) groups excluding carboxylic acids is 1. The molecular formula is C16H14F2N2O. The number of rotatable bonds is 3. The molecule has 1 N–H and O–H groups in total. The van der Waals surface area contributed by atoms with E-state index in [0.717, 1.165) is 16.8 Å². The number of nitrogens with one attached hydrogen (secondary N) is 1. The molecule has 5 heteroatoms. The van der Waals surface area contributed by atoms with Crippen LogP contribution in [-0.2, 0) is 4.79 Å². The van der Waals surface area contributed by atoms with E-state index in [4.69, 9.17) is 0 Å². The summed E-state index contributed by atoms with van der Waals surface area (Å²) in [6.45, 7) is 1.94. The molecule has 0 spiro atoms. The number of benzene rings is 1. The number of hydrogen-bond acceptors (Lipinski definition) is 2. The summed E-state index contributed by atoms with van der Waals surface area (Å²) < 4.78 is 25.8. The van der Waals surface area contributed by atoms with Crippen molar-refractivity contribution in [2.45, 2.75) is 19.3 Å². The fourth-order valence-corrected chi connectivity index (χ4v) is 2.22. The first-order chi connectivity index (χ1) is 9.97. The maximum Gasteiger partial charge on any atom is 0.260 e. The number of aromatic nitrogens is 1. The van der Waals surface area contributed by atoms with E-state index in [9.17, 15) is 13.6 Å². The van der Waals surface area contributed by atoms with E-state index in [1.165, 1.54) is 0 Å². The van der Waals surface area contributed by atoms with Gasteiger partial charge in [-0.05, 0) is 36.8 Å². The molecule has 1 heterocycles. The van der Waals surface area contributed by atoms with Gasteiger partial charge in [-0.3, -0.25) is 9.78 Å². The number of alkyl halides is 2. The second-order valence-corrected chi connectivity index (χ2v) is 5.25. The van der Waals surface area contributed by atoms with Crippen molar-refractivity contribution in [1.29, 1.82) is 0 Å². The van der Waals surface area contributed by atoms with Crippen molar-refractivity contribution in [3.8, 4) is 11.3 Å². The standard InChI is InChI=1S/C16H14F2N2O/c1-10-5-6-11(20-15(21)13-9-16(13,17)18)8-12(10)14-4-2-3-7-19-14/h2-8,13H,9H2,1H3,(H,20,21)/t13-/m1/s1. The van der Waals surface area contributed by atoms with Crippen molar-refractivity contribution in [2.24, 2.45) is 5.92 Å². The van der Waals surface area contributed by atoms with Crippen LogP contribution in [0, 0.1) is 12.8 Å². The molecule has 0 unspecified atom stereocenters. The average Bonchev–Trinajstić information content (AvgIpc) is 3.11. The fraction of sp³-hybridized carbons (Fsp3) is 0.250. The SMILES string of the molecule is Cc1ccc(NC(=O)[C@H]2CC2(F)F)cc1-c1ccccn1. The number of hydrogen-bond donors (Lipinski definition) is 1. The average molecular weight is 288 g/mol. The van der Waals surface area contributed by atoms with Crippen LogP contribution < -0.4 is 5.32 Å². The zero-order chi connectivity index (χ0) is 15.0. The van der Waals surface area contributed by atoms with Crippen molar-refractivity contribution in [2.75, 3.05) is 5.32 Å². The predicted molar refractivity (Wildman–Crippen MR) is 76.1 cm³/mol. The van der Waals surface area contributed by atoms with Gasteiger partial charge in [-0.1, -0.05) is 12.1 Å². The second kappa shape index (κ2) is 4.91. The summed E-state index contributed by atoms with van der Waals surface area (Å²) in [7, 11) is 0. The van der Waals surface area contributed by atoms with E-state index in [1.807, 2.05) is 31.2 Å². The molecule has 0 radical (unpaired) electrons. The highest BCUT2D eigenvalue weighted by atomic mass is 19.3. The lowest BCUT2D eigenvalue weighted by atomic mass is 10.0. The number of amides is 1. The van der Waals surface area contributed by atoms with Gasteiger partial charge < -0.3 is 5.32 Å². The van der Waals surface area contributed by atoms with E-state index in [2.05, 4.69) is 10.3 Å². The monoisotopic (exact) mass is 288 g/mol. The van der Waals surface area contributed by atoms with Gasteiger partial charge in [-0.2, -0.15) is 0 Å². The van der Waals surface area contributed by atoms with E-state index in [1.54, 1.807) is 18.3 Å². The van der Waals surface area contributed by atoms with Crippen LogP contribution in [0.5, 0.6) is 0 Å². The Balaban J connectivity index is 1.83. The van der Waals surface area contributed by atoms with E-state index < -0.39 is 17.7 Å². The highest BCUT2D eigenvalue weighted by molar-refractivity contribution is 5.95. The maximum absolute atomic E-state index is 12.9. The lowest BCUT2D eigenvalue weighted by Crippen LogP contribution is -2.17. The Morgan fingerprint density at radius 3 is 2.71 bits per heavy atom. The van der Waals surface area contributed by atoms with Crippen molar-refractivity contribution < 1.29 is 13.6 Å². The molecule has 1 amide bonds. The summed E-state index contributed by atoms with van der Waals surface area (Å²) in [5, 5.41) is 2.55. The summed E-state index contributed by atoms with van der Waals surface area (Å²) in [4.78, 5) is 16.0. The molecule has 1 atom stereocenters. The third-order valence-electron chi connectivity index (χ3n) is 3.59. The zero-order valence-electron chi connectivity index (χ0n) is 11.4. The normalized spacial score (nSPS) is 19.1. The first-order valence-electron chi connectivity index (χ1n) is 6.68. The molecule has 1 aromatic heterocycles. The van der Waals surface area contributed by atoms with Gasteiger partial charge >= 0.3 is 0 Å². The molecule has 0 saturated heterocycles. The molecule has 0 aliphatic heterocycles. The summed E-state index contributed by atoms with van der Waals surface area (Å²) in [5.74, 6) is -4.67. The number of anilines is 1. The van der Waals surface area contributed by atoms with Crippen molar-refractivity contribution in [1.82, 2.24) is 4.98 Å². The minimum absolute atomic E-state index is 0.363. The van der Waals surface area contributed by atoms with Gasteiger partial charge in [0.25, 0.3) is 5.92 Å². The summed E-state index contributed by atoms with van der Waals surface area (Å²) >= 11 is 0. The lowest BCUT2D eigenvalue weighted by molar-refractivity contribution is -0.119. The van der Waals surface area contributed by atoms with Crippen LogP contribution in [0.1, 0.15) is 12.0 Å². The Kier molecular flexibility index (Phi) is 3.20. The number of aryl methyl sites for hydroxylation is 1. The molecule has 1 aromatic carbocycles. The van der Waals surface area contributed by atoms with Gasteiger partial charge in [0.1, 0.15) is 5.92 Å². The van der Waals surface area contributed by atoms with Gasteiger partial charge in [0, 0.05) is 23.9 Å². The van der Waals surface area contributed by atoms with Gasteiger partial charge in [-0.25, -0.2) is 8.78 Å². The Labute approximate surface area is 121 Å². The summed E-state index contributed by atoms with van der Waals surface area (Å²) in [6, 6.07) is 10.9. The molecule has 108 valence electrons. The Morgan fingerprint density at radius 2 is 2.10 bits per heavy atom. The molecule has 2 aromatic rings. The maximum atomic E-state index is 12.9. The van der Waals surface area contributed by atoms with Crippen molar-refractivity contribution in [3.05, 3.63) is 48.2 Å². The highest BCUT2D eigenvalue weighted by Gasteiger charge is 2.61. The number of carbonyl (C=O) groups is 1. The third kappa shape index (κ3) is 2.77. The Hall–Kier alpha value is -2.30. The molecule has 1 aliphatic rings. The van der Waals surface area contributed by atoms with Gasteiger partial charge in [0.15, 0.2) is 0 Å². The first-order valence-corrected chi connectivity index (χ1v) is 6.68. The smallest absolute Gasteiger partial charge is 0.260 e. The quantitative estimate of drug-likeness (QED) is 0.936. The fourth-order valence-electron chi connectivity index (χ4n) is 2.22. The van der Waals surface area contributed by atoms with Crippen LogP contribution in [0.15, 0.2) is 42.6 Å². The first kappa shape index (κ1) is 13.7. The third-order valence-corrected chi connectivity index (χ3v) is 3.59. The second-order valence-electron chi connectivity index (χ2n) is 5.25. The largest absolute Gasteiger partial charge is 0.326 e. The molecule has 1 saturated carbocycles. The van der Waals surface area contributed by atoms with E-state index >= 15 is 0 Å². The molecular weight excluding hydrogens is 274 g/mol. The van der Waals surface area contributed by atoms with Crippen LogP contribution in [-0.4, -0.2) is 16.8 Å². The van der Waals surface area contributed by atoms with Gasteiger partial charge in [0.2, 0.25) is 5.91 Å². The molecule has 21 heavy (non-hydrogen) atoms. The Morgan fingerprint density at radius 1 is 1.33 bits per heavy atom. The molecule has 3 nitrogen and oxygen atoms in total. The molecule has 1 fully saturated rings. The van der Waals surface area contributed by atoms with Crippen molar-refractivity contribution >= 4 is 11.6 Å². The molecule has 0 bridgehead atoms. The van der Waals surface area contributed by atoms with Crippen LogP contribution in [0.3, 0.4) is 0 Å². The minimum Gasteiger partial charge on any atom is -0.326 e.